The lowest BCUT2D eigenvalue weighted by Gasteiger charge is -2.35. The molecule has 1 aliphatic heterocycles. The lowest BCUT2D eigenvalue weighted by molar-refractivity contribution is 0.174. The minimum atomic E-state index is 0.335. The van der Waals surface area contributed by atoms with E-state index in [0.29, 0.717) is 34.5 Å². The highest BCUT2D eigenvalue weighted by atomic mass is 35.5. The zero-order chi connectivity index (χ0) is 19.7. The van der Waals surface area contributed by atoms with Crippen LogP contribution in [0.15, 0.2) is 30.6 Å². The van der Waals surface area contributed by atoms with E-state index in [4.69, 9.17) is 16.3 Å². The number of aromatic nitrogens is 4. The van der Waals surface area contributed by atoms with Crippen LogP contribution in [-0.4, -0.2) is 56.8 Å². The second kappa shape index (κ2) is 7.93. The second-order valence-electron chi connectivity index (χ2n) is 7.41. The van der Waals surface area contributed by atoms with E-state index in [9.17, 15) is 0 Å². The first-order chi connectivity index (χ1) is 13.6. The smallest absolute Gasteiger partial charge is 0.192 e. The van der Waals surface area contributed by atoms with Crippen molar-refractivity contribution in [3.05, 3.63) is 35.6 Å². The maximum Gasteiger partial charge on any atom is 0.192 e. The number of piperidine rings is 1. The SMILES string of the molecule is COc1cc(Cl)ccc1-c1nnc(N[C@@H]2CCCN(C(C)C)C2)c2nccn12. The number of nitrogens with one attached hydrogen (secondary N) is 1. The highest BCUT2D eigenvalue weighted by Crippen LogP contribution is 2.32. The number of imidazole rings is 1. The number of benzene rings is 1. The summed E-state index contributed by atoms with van der Waals surface area (Å²) in [5.74, 6) is 2.02. The molecule has 3 aromatic rings. The Kier molecular flexibility index (Phi) is 5.37. The van der Waals surface area contributed by atoms with Crippen molar-refractivity contribution in [2.75, 3.05) is 25.5 Å². The van der Waals surface area contributed by atoms with Crippen molar-refractivity contribution in [1.29, 1.82) is 0 Å². The second-order valence-corrected chi connectivity index (χ2v) is 7.85. The summed E-state index contributed by atoms with van der Waals surface area (Å²) in [6, 6.07) is 6.36. The third-order valence-corrected chi connectivity index (χ3v) is 5.49. The Morgan fingerprint density at radius 3 is 2.93 bits per heavy atom. The largest absolute Gasteiger partial charge is 0.496 e. The van der Waals surface area contributed by atoms with Crippen LogP contribution in [0.3, 0.4) is 0 Å². The van der Waals surface area contributed by atoms with Crippen molar-refractivity contribution < 1.29 is 4.74 Å². The lowest BCUT2D eigenvalue weighted by atomic mass is 10.0. The van der Waals surface area contributed by atoms with Crippen LogP contribution in [0.2, 0.25) is 5.02 Å². The van der Waals surface area contributed by atoms with Crippen LogP contribution in [0, 0.1) is 0 Å². The van der Waals surface area contributed by atoms with Crippen LogP contribution >= 0.6 is 11.6 Å². The molecule has 0 radical (unpaired) electrons. The van der Waals surface area contributed by atoms with Crippen LogP contribution < -0.4 is 10.1 Å². The van der Waals surface area contributed by atoms with Crippen LogP contribution in [0.1, 0.15) is 26.7 Å². The van der Waals surface area contributed by atoms with Crippen LogP contribution in [0.25, 0.3) is 17.0 Å². The summed E-state index contributed by atoms with van der Waals surface area (Å²) >= 11 is 6.10. The number of rotatable bonds is 5. The van der Waals surface area contributed by atoms with Crippen molar-refractivity contribution >= 4 is 23.1 Å². The van der Waals surface area contributed by atoms with Crippen molar-refractivity contribution in [1.82, 2.24) is 24.5 Å². The predicted octanol–water partition coefficient (Wildman–Crippen LogP) is 3.74. The first kappa shape index (κ1) is 19.0. The van der Waals surface area contributed by atoms with Gasteiger partial charge < -0.3 is 10.1 Å². The highest BCUT2D eigenvalue weighted by Gasteiger charge is 2.23. The number of halogens is 1. The number of ether oxygens (including phenoxy) is 1. The summed E-state index contributed by atoms with van der Waals surface area (Å²) in [6.07, 6.45) is 5.94. The maximum absolute atomic E-state index is 6.10. The van der Waals surface area contributed by atoms with Gasteiger partial charge in [0.25, 0.3) is 0 Å². The number of likely N-dealkylation sites (tertiary alicyclic amines) is 1. The molecule has 148 valence electrons. The lowest BCUT2D eigenvalue weighted by Crippen LogP contribution is -2.45. The van der Waals surface area contributed by atoms with Gasteiger partial charge in [-0.2, -0.15) is 0 Å². The van der Waals surface area contributed by atoms with Gasteiger partial charge in [0, 0.05) is 36.0 Å². The van der Waals surface area contributed by atoms with Gasteiger partial charge in [-0.3, -0.25) is 9.30 Å². The molecule has 0 spiro atoms. The number of anilines is 1. The molecule has 1 aromatic carbocycles. The van der Waals surface area contributed by atoms with Crippen molar-refractivity contribution in [3.63, 3.8) is 0 Å². The molecule has 1 saturated heterocycles. The molecule has 0 aliphatic carbocycles. The average molecular weight is 401 g/mol. The van der Waals surface area contributed by atoms with E-state index in [1.807, 2.05) is 22.7 Å². The summed E-state index contributed by atoms with van der Waals surface area (Å²) in [4.78, 5) is 7.01. The van der Waals surface area contributed by atoms with E-state index in [-0.39, 0.29) is 0 Å². The summed E-state index contributed by atoms with van der Waals surface area (Å²) in [6.45, 7) is 6.63. The molecule has 8 heteroatoms. The standard InChI is InChI=1S/C20H25ClN6O/c1-13(2)26-9-4-5-15(12-26)23-18-20-22-8-10-27(20)19(25-24-18)16-7-6-14(21)11-17(16)28-3/h6-8,10-11,13,15H,4-5,9,12H2,1-3H3,(H,23,24)/t15-/m1/s1. The fourth-order valence-corrected chi connectivity index (χ4v) is 3.92. The average Bonchev–Trinajstić information content (AvgIpc) is 3.19. The molecule has 1 fully saturated rings. The van der Waals surface area contributed by atoms with Crippen LogP contribution in [-0.2, 0) is 0 Å². The molecule has 1 aliphatic rings. The molecule has 1 N–H and O–H groups in total. The number of hydrogen-bond acceptors (Lipinski definition) is 6. The molecule has 0 saturated carbocycles. The van der Waals surface area contributed by atoms with E-state index >= 15 is 0 Å². The van der Waals surface area contributed by atoms with Gasteiger partial charge in [-0.25, -0.2) is 4.98 Å². The molecule has 0 amide bonds. The van der Waals surface area contributed by atoms with Gasteiger partial charge in [-0.05, 0) is 51.4 Å². The number of hydrogen-bond donors (Lipinski definition) is 1. The van der Waals surface area contributed by atoms with E-state index in [1.165, 1.54) is 6.42 Å². The van der Waals surface area contributed by atoms with Crippen molar-refractivity contribution in [2.24, 2.45) is 0 Å². The Morgan fingerprint density at radius 2 is 2.14 bits per heavy atom. The molecule has 2 aromatic heterocycles. The zero-order valence-electron chi connectivity index (χ0n) is 16.4. The van der Waals surface area contributed by atoms with Crippen LogP contribution in [0.4, 0.5) is 5.82 Å². The van der Waals surface area contributed by atoms with E-state index < -0.39 is 0 Å². The molecule has 3 heterocycles. The predicted molar refractivity (Wildman–Crippen MR) is 111 cm³/mol. The minimum absolute atomic E-state index is 0.335. The third-order valence-electron chi connectivity index (χ3n) is 5.25. The van der Waals surface area contributed by atoms with E-state index in [1.54, 1.807) is 19.4 Å². The first-order valence-electron chi connectivity index (χ1n) is 9.61. The van der Waals surface area contributed by atoms with Gasteiger partial charge in [0.1, 0.15) is 5.75 Å². The number of methoxy groups -OCH3 is 1. The molecule has 0 unspecified atom stereocenters. The molecule has 28 heavy (non-hydrogen) atoms. The Balaban J connectivity index is 1.67. The van der Waals surface area contributed by atoms with Gasteiger partial charge in [0.05, 0.1) is 12.7 Å². The molecular formula is C20H25ClN6O. The molecule has 4 rings (SSSR count). The van der Waals surface area contributed by atoms with Crippen molar-refractivity contribution in [3.8, 4) is 17.1 Å². The fraction of sp³-hybridized carbons (Fsp3) is 0.450. The van der Waals surface area contributed by atoms with Crippen LogP contribution in [0.5, 0.6) is 5.75 Å². The highest BCUT2D eigenvalue weighted by molar-refractivity contribution is 6.30. The Morgan fingerprint density at radius 1 is 1.29 bits per heavy atom. The normalized spacial score (nSPS) is 18.0. The third kappa shape index (κ3) is 3.64. The topological polar surface area (TPSA) is 67.6 Å². The minimum Gasteiger partial charge on any atom is -0.496 e. The molecular weight excluding hydrogens is 376 g/mol. The molecule has 7 nitrogen and oxygen atoms in total. The van der Waals surface area contributed by atoms with Gasteiger partial charge in [0.15, 0.2) is 17.3 Å². The monoisotopic (exact) mass is 400 g/mol. The Hall–Kier alpha value is -2.38. The summed E-state index contributed by atoms with van der Waals surface area (Å²) in [7, 11) is 1.62. The fourth-order valence-electron chi connectivity index (χ4n) is 3.75. The van der Waals surface area contributed by atoms with Gasteiger partial charge in [-0.1, -0.05) is 11.6 Å². The quantitative estimate of drug-likeness (QED) is 0.703. The van der Waals surface area contributed by atoms with Gasteiger partial charge in [0.2, 0.25) is 0 Å². The summed E-state index contributed by atoms with van der Waals surface area (Å²) in [5, 5.41) is 13.1. The zero-order valence-corrected chi connectivity index (χ0v) is 17.1. The molecule has 1 atom stereocenters. The van der Waals surface area contributed by atoms with E-state index in [2.05, 4.69) is 39.2 Å². The first-order valence-corrected chi connectivity index (χ1v) is 9.99. The molecule has 0 bridgehead atoms. The Bertz CT molecular complexity index is 972. The van der Waals surface area contributed by atoms with Crippen molar-refractivity contribution in [2.45, 2.75) is 38.8 Å². The summed E-state index contributed by atoms with van der Waals surface area (Å²) < 4.78 is 7.42. The Labute approximate surface area is 169 Å². The van der Waals surface area contributed by atoms with E-state index in [0.717, 1.165) is 30.7 Å². The maximum atomic E-state index is 6.10. The number of nitrogens with zero attached hydrogens (tertiary/aromatic N) is 5. The number of fused-ring (bicyclic) bond motifs is 1. The summed E-state index contributed by atoms with van der Waals surface area (Å²) in [5.41, 5.74) is 1.57. The van der Waals surface area contributed by atoms with Gasteiger partial charge >= 0.3 is 0 Å². The van der Waals surface area contributed by atoms with Gasteiger partial charge in [-0.15, -0.1) is 10.2 Å².